The molecule has 0 N–H and O–H groups in total. The van der Waals surface area contributed by atoms with Crippen molar-refractivity contribution in [1.29, 1.82) is 0 Å². The molecule has 7 aromatic carbocycles. The summed E-state index contributed by atoms with van der Waals surface area (Å²) in [6.45, 7) is 0. The average Bonchev–Trinajstić information content (AvgIpc) is 3.59. The Balaban J connectivity index is 1.27. The SMILES string of the molecule is [2H]c1c([2H])c([2H])c2c(c1[2H])c1cccc(-c3ccc(-c4ccc(-c5ccccc5)cc4)cc3)c1n2-c1nc(-c2ccccc2)nc(-c2ccccc2)n1. The van der Waals surface area contributed by atoms with E-state index in [2.05, 4.69) is 60.7 Å². The van der Waals surface area contributed by atoms with Crippen molar-refractivity contribution in [1.82, 2.24) is 19.5 Å². The highest BCUT2D eigenvalue weighted by molar-refractivity contribution is 6.13. The van der Waals surface area contributed by atoms with Gasteiger partial charge < -0.3 is 0 Å². The summed E-state index contributed by atoms with van der Waals surface area (Å²) in [6, 6.07) is 51.5. The van der Waals surface area contributed by atoms with Gasteiger partial charge in [-0.3, -0.25) is 4.57 Å². The summed E-state index contributed by atoms with van der Waals surface area (Å²) in [6.07, 6.45) is 0. The Morgan fingerprint density at radius 3 is 1.41 bits per heavy atom. The van der Waals surface area contributed by atoms with E-state index in [4.69, 9.17) is 20.4 Å². The molecular weight excluding hydrogens is 597 g/mol. The van der Waals surface area contributed by atoms with Gasteiger partial charge in [-0.15, -0.1) is 0 Å². The van der Waals surface area contributed by atoms with Crippen LogP contribution < -0.4 is 0 Å². The molecule has 2 aromatic heterocycles. The first kappa shape index (κ1) is 24.5. The summed E-state index contributed by atoms with van der Waals surface area (Å²) in [4.78, 5) is 14.9. The lowest BCUT2D eigenvalue weighted by atomic mass is 9.97. The Morgan fingerprint density at radius 1 is 0.388 bits per heavy atom. The predicted octanol–water partition coefficient (Wildman–Crippen LogP) is 11.3. The van der Waals surface area contributed by atoms with E-state index in [1.54, 1.807) is 4.57 Å². The highest BCUT2D eigenvalue weighted by Crippen LogP contribution is 2.38. The number of hydrogen-bond donors (Lipinski definition) is 0. The zero-order chi connectivity index (χ0) is 36.1. The third-order valence-electron chi connectivity index (χ3n) is 8.83. The standard InChI is InChI=1S/C45H30N4/c1-4-13-31(14-5-1)32-23-25-33(26-24-32)34-27-29-35(30-28-34)38-20-12-21-40-39-19-10-11-22-41(39)49(42(38)40)45-47-43(36-15-6-2-7-16-36)46-44(48-45)37-17-8-3-9-18-37/h1-30H/i10D,11D,19D,22D. The predicted molar refractivity (Wildman–Crippen MR) is 201 cm³/mol. The summed E-state index contributed by atoms with van der Waals surface area (Å²) < 4.78 is 37.3. The van der Waals surface area contributed by atoms with Gasteiger partial charge in [-0.2, -0.15) is 9.97 Å². The minimum Gasteiger partial charge on any atom is -0.277 e. The topological polar surface area (TPSA) is 43.6 Å². The molecule has 0 aliphatic rings. The monoisotopic (exact) mass is 630 g/mol. The van der Waals surface area contributed by atoms with Crippen LogP contribution in [0.15, 0.2) is 182 Å². The van der Waals surface area contributed by atoms with Crippen LogP contribution in [0.4, 0.5) is 0 Å². The Bertz CT molecular complexity index is 2730. The summed E-state index contributed by atoms with van der Waals surface area (Å²) >= 11 is 0. The minimum atomic E-state index is -0.323. The zero-order valence-electron chi connectivity index (χ0n) is 30.3. The molecular formula is C45H30N4. The molecule has 0 saturated carbocycles. The van der Waals surface area contributed by atoms with Gasteiger partial charge in [-0.25, -0.2) is 4.98 Å². The molecule has 49 heavy (non-hydrogen) atoms. The Hall–Kier alpha value is -6.65. The lowest BCUT2D eigenvalue weighted by Crippen LogP contribution is -2.06. The average molecular weight is 631 g/mol. The Labute approximate surface area is 290 Å². The van der Waals surface area contributed by atoms with Crippen molar-refractivity contribution in [3.05, 3.63) is 182 Å². The van der Waals surface area contributed by atoms with Crippen molar-refractivity contribution in [2.75, 3.05) is 0 Å². The summed E-state index contributed by atoms with van der Waals surface area (Å²) in [7, 11) is 0. The Kier molecular flexibility index (Phi) is 6.09. The summed E-state index contributed by atoms with van der Waals surface area (Å²) in [5.41, 5.74) is 8.82. The van der Waals surface area contributed by atoms with E-state index >= 15 is 0 Å². The van der Waals surface area contributed by atoms with Gasteiger partial charge in [0.25, 0.3) is 0 Å². The lowest BCUT2D eigenvalue weighted by Gasteiger charge is -2.13. The van der Waals surface area contributed by atoms with E-state index in [1.165, 1.54) is 5.56 Å². The molecule has 9 aromatic rings. The second-order valence-corrected chi connectivity index (χ2v) is 11.8. The highest BCUT2D eigenvalue weighted by atomic mass is 15.2. The van der Waals surface area contributed by atoms with Crippen LogP contribution in [0.5, 0.6) is 0 Å². The number of para-hydroxylation sites is 2. The first-order valence-corrected chi connectivity index (χ1v) is 16.1. The molecule has 230 valence electrons. The Morgan fingerprint density at radius 2 is 0.857 bits per heavy atom. The van der Waals surface area contributed by atoms with Gasteiger partial charge in [0, 0.05) is 27.5 Å². The molecule has 4 nitrogen and oxygen atoms in total. The molecule has 0 spiro atoms. The van der Waals surface area contributed by atoms with Gasteiger partial charge in [0.2, 0.25) is 5.95 Å². The maximum absolute atomic E-state index is 9.17. The first-order valence-electron chi connectivity index (χ1n) is 18.1. The van der Waals surface area contributed by atoms with Gasteiger partial charge in [-0.1, -0.05) is 176 Å². The van der Waals surface area contributed by atoms with Crippen molar-refractivity contribution in [2.45, 2.75) is 0 Å². The number of aromatic nitrogens is 4. The van der Waals surface area contributed by atoms with Crippen molar-refractivity contribution < 1.29 is 5.48 Å². The van der Waals surface area contributed by atoms with Crippen LogP contribution >= 0.6 is 0 Å². The molecule has 0 aliphatic heterocycles. The van der Waals surface area contributed by atoms with E-state index in [9.17, 15) is 0 Å². The van der Waals surface area contributed by atoms with Crippen LogP contribution in [0, 0.1) is 0 Å². The van der Waals surface area contributed by atoms with E-state index in [0.717, 1.165) is 38.9 Å². The number of nitrogens with zero attached hydrogens (tertiary/aromatic N) is 4. The zero-order valence-corrected chi connectivity index (χ0v) is 26.3. The largest absolute Gasteiger partial charge is 0.277 e. The van der Waals surface area contributed by atoms with Gasteiger partial charge in [0.15, 0.2) is 11.6 Å². The molecule has 0 unspecified atom stereocenters. The van der Waals surface area contributed by atoms with Gasteiger partial charge >= 0.3 is 0 Å². The molecule has 2 heterocycles. The molecule has 4 heteroatoms. The molecule has 0 fully saturated rings. The number of fused-ring (bicyclic) bond motifs is 3. The van der Waals surface area contributed by atoms with E-state index in [1.807, 2.05) is 97.1 Å². The molecule has 9 rings (SSSR count). The van der Waals surface area contributed by atoms with Crippen LogP contribution in [0.3, 0.4) is 0 Å². The second kappa shape index (κ2) is 12.2. The highest BCUT2D eigenvalue weighted by Gasteiger charge is 2.20. The van der Waals surface area contributed by atoms with Crippen LogP contribution in [0.1, 0.15) is 5.48 Å². The lowest BCUT2D eigenvalue weighted by molar-refractivity contribution is 0.954. The van der Waals surface area contributed by atoms with Crippen molar-refractivity contribution in [3.63, 3.8) is 0 Å². The van der Waals surface area contributed by atoms with Crippen molar-refractivity contribution in [2.24, 2.45) is 0 Å². The molecule has 0 saturated heterocycles. The van der Waals surface area contributed by atoms with Crippen LogP contribution in [-0.4, -0.2) is 19.5 Å². The fourth-order valence-electron chi connectivity index (χ4n) is 6.42. The van der Waals surface area contributed by atoms with Crippen molar-refractivity contribution in [3.8, 4) is 62.1 Å². The maximum Gasteiger partial charge on any atom is 0.238 e. The molecule has 0 amide bonds. The summed E-state index contributed by atoms with van der Waals surface area (Å²) in [5, 5.41) is 1.08. The minimum absolute atomic E-state index is 0.114. The molecule has 0 aliphatic carbocycles. The third-order valence-corrected chi connectivity index (χ3v) is 8.83. The van der Waals surface area contributed by atoms with Gasteiger partial charge in [-0.05, 0) is 33.9 Å². The summed E-state index contributed by atoms with van der Waals surface area (Å²) in [5.74, 6) is 1.15. The molecule has 0 atom stereocenters. The van der Waals surface area contributed by atoms with E-state index in [-0.39, 0.29) is 30.1 Å². The normalized spacial score (nSPS) is 12.4. The van der Waals surface area contributed by atoms with Crippen molar-refractivity contribution >= 4 is 21.8 Å². The van der Waals surface area contributed by atoms with Gasteiger partial charge in [0.1, 0.15) is 0 Å². The molecule has 0 radical (unpaired) electrons. The first-order chi connectivity index (χ1) is 26.0. The third kappa shape index (κ3) is 5.26. The number of benzene rings is 7. The van der Waals surface area contributed by atoms with Crippen LogP contribution in [0.25, 0.3) is 83.9 Å². The number of rotatable bonds is 6. The fourth-order valence-corrected chi connectivity index (χ4v) is 6.42. The van der Waals surface area contributed by atoms with Crippen LogP contribution in [0.2, 0.25) is 0 Å². The smallest absolute Gasteiger partial charge is 0.238 e. The quantitative estimate of drug-likeness (QED) is 0.184. The van der Waals surface area contributed by atoms with Gasteiger partial charge in [0.05, 0.1) is 16.5 Å². The van der Waals surface area contributed by atoms with E-state index in [0.29, 0.717) is 33.5 Å². The van der Waals surface area contributed by atoms with E-state index < -0.39 is 0 Å². The second-order valence-electron chi connectivity index (χ2n) is 11.8. The van der Waals surface area contributed by atoms with Crippen LogP contribution in [-0.2, 0) is 0 Å². The maximum atomic E-state index is 9.17. The number of hydrogen-bond acceptors (Lipinski definition) is 3. The molecule has 0 bridgehead atoms. The fraction of sp³-hybridized carbons (Fsp3) is 0.